The van der Waals surface area contributed by atoms with Gasteiger partial charge in [0.25, 0.3) is 0 Å². The van der Waals surface area contributed by atoms with E-state index < -0.39 is 12.0 Å². The minimum atomic E-state index is -2.70. The second-order valence-corrected chi connectivity index (χ2v) is 9.49. The van der Waals surface area contributed by atoms with Crippen LogP contribution in [0.15, 0.2) is 24.4 Å². The summed E-state index contributed by atoms with van der Waals surface area (Å²) in [7, 11) is 2.96. The Morgan fingerprint density at radius 2 is 1.75 bits per heavy atom. The van der Waals surface area contributed by atoms with E-state index in [4.69, 9.17) is 43.1 Å². The third-order valence-electron chi connectivity index (χ3n) is 6.14. The maximum atomic E-state index is 13.7. The number of halogens is 4. The smallest absolute Gasteiger partial charge is 0.250 e. The van der Waals surface area contributed by atoms with Crippen molar-refractivity contribution < 1.29 is 23.0 Å². The molecule has 1 aromatic carbocycles. The van der Waals surface area contributed by atoms with Crippen molar-refractivity contribution in [2.45, 2.75) is 44.1 Å². The maximum Gasteiger partial charge on any atom is 0.250 e. The van der Waals surface area contributed by atoms with Crippen LogP contribution >= 0.6 is 23.2 Å². The fourth-order valence-corrected chi connectivity index (χ4v) is 4.98. The Bertz CT molecular complexity index is 1210. The highest BCUT2D eigenvalue weighted by Gasteiger charge is 2.39. The van der Waals surface area contributed by atoms with Gasteiger partial charge in [0.15, 0.2) is 0 Å². The predicted octanol–water partition coefficient (Wildman–Crippen LogP) is 6.60. The normalized spacial score (nSPS) is 18.6. The number of nitrogens with one attached hydrogen (secondary N) is 1. The van der Waals surface area contributed by atoms with Gasteiger partial charge >= 0.3 is 0 Å². The van der Waals surface area contributed by atoms with Crippen molar-refractivity contribution in [2.75, 3.05) is 38.5 Å². The molecule has 3 heterocycles. The molecule has 3 aromatic rings. The van der Waals surface area contributed by atoms with Crippen molar-refractivity contribution in [2.24, 2.45) is 0 Å². The summed E-state index contributed by atoms with van der Waals surface area (Å²) in [6.45, 7) is 2.00. The number of methoxy groups -OCH3 is 2. The molecule has 7 nitrogen and oxygen atoms in total. The van der Waals surface area contributed by atoms with Crippen LogP contribution in [0.2, 0.25) is 10.0 Å². The molecule has 0 radical (unpaired) electrons. The molecule has 2 fully saturated rings. The standard InChI is InChI=1S/C21H20Cl2F2N4O2.C4H8O/c1-30-14-7-15(31-2)19(23)17(18(14)22)13-5-10-9-27-16(26)6-12(10)20(29-13)28-11-3-4-21(24,25)8-11;1-2-4-5-3-1/h5-7,9,11H,3-4,8H2,1-2H3,(H2,26,27)(H,28,29);1-4H2. The quantitative estimate of drug-likeness (QED) is 0.376. The molecule has 2 aliphatic rings. The fraction of sp³-hybridized carbons (Fsp3) is 0.440. The van der Waals surface area contributed by atoms with Gasteiger partial charge < -0.3 is 25.3 Å². The molecule has 194 valence electrons. The average molecular weight is 541 g/mol. The van der Waals surface area contributed by atoms with Gasteiger partial charge in [-0.3, -0.25) is 0 Å². The van der Waals surface area contributed by atoms with Gasteiger partial charge in [-0.05, 0) is 31.4 Å². The van der Waals surface area contributed by atoms with Crippen molar-refractivity contribution in [1.29, 1.82) is 0 Å². The molecule has 1 aliphatic heterocycles. The Morgan fingerprint density at radius 3 is 2.28 bits per heavy atom. The molecule has 0 bridgehead atoms. The largest absolute Gasteiger partial charge is 0.495 e. The number of hydrogen-bond acceptors (Lipinski definition) is 7. The minimum absolute atomic E-state index is 0.170. The highest BCUT2D eigenvalue weighted by atomic mass is 35.5. The Hall–Kier alpha value is -2.62. The Balaban J connectivity index is 0.000000543. The van der Waals surface area contributed by atoms with Gasteiger partial charge in [0, 0.05) is 60.7 Å². The van der Waals surface area contributed by atoms with Gasteiger partial charge in [0.05, 0.1) is 30.0 Å². The third-order valence-corrected chi connectivity index (χ3v) is 6.89. The van der Waals surface area contributed by atoms with Crippen LogP contribution in [0.4, 0.5) is 20.4 Å². The van der Waals surface area contributed by atoms with E-state index in [1.165, 1.54) is 27.1 Å². The zero-order valence-corrected chi connectivity index (χ0v) is 21.6. The van der Waals surface area contributed by atoms with Crippen molar-refractivity contribution in [3.8, 4) is 22.8 Å². The maximum absolute atomic E-state index is 13.7. The Kier molecular flexibility index (Phi) is 8.22. The van der Waals surface area contributed by atoms with Gasteiger partial charge in [-0.1, -0.05) is 23.2 Å². The molecule has 1 saturated heterocycles. The van der Waals surface area contributed by atoms with Crippen molar-refractivity contribution in [3.63, 3.8) is 0 Å². The molecule has 1 atom stereocenters. The number of nitrogens with zero attached hydrogens (tertiary/aromatic N) is 2. The molecule has 1 saturated carbocycles. The van der Waals surface area contributed by atoms with E-state index >= 15 is 0 Å². The van der Waals surface area contributed by atoms with Crippen LogP contribution in [0.3, 0.4) is 0 Å². The van der Waals surface area contributed by atoms with Crippen molar-refractivity contribution in [3.05, 3.63) is 34.4 Å². The van der Waals surface area contributed by atoms with E-state index in [0.717, 1.165) is 13.2 Å². The summed E-state index contributed by atoms with van der Waals surface area (Å²) in [5.41, 5.74) is 6.67. The van der Waals surface area contributed by atoms with Crippen LogP contribution in [0, 0.1) is 0 Å². The van der Waals surface area contributed by atoms with Crippen LogP contribution in [0.1, 0.15) is 32.1 Å². The number of fused-ring (bicyclic) bond motifs is 1. The summed E-state index contributed by atoms with van der Waals surface area (Å²) in [6, 6.07) is 4.55. The second-order valence-electron chi connectivity index (χ2n) is 8.73. The van der Waals surface area contributed by atoms with Crippen LogP contribution in [0.25, 0.3) is 22.0 Å². The number of anilines is 2. The first-order chi connectivity index (χ1) is 17.2. The summed E-state index contributed by atoms with van der Waals surface area (Å²) in [5, 5.41) is 5.01. The van der Waals surface area contributed by atoms with Gasteiger partial charge in [-0.25, -0.2) is 18.7 Å². The van der Waals surface area contributed by atoms with Gasteiger partial charge in [-0.2, -0.15) is 0 Å². The molecule has 5 rings (SSSR count). The topological polar surface area (TPSA) is 91.5 Å². The van der Waals surface area contributed by atoms with Crippen LogP contribution in [0.5, 0.6) is 11.5 Å². The van der Waals surface area contributed by atoms with Gasteiger partial charge in [0.2, 0.25) is 5.92 Å². The lowest BCUT2D eigenvalue weighted by Gasteiger charge is -2.19. The molecule has 3 N–H and O–H groups in total. The van der Waals surface area contributed by atoms with E-state index in [1.807, 2.05) is 0 Å². The first-order valence-electron chi connectivity index (χ1n) is 11.6. The fourth-order valence-electron chi connectivity index (χ4n) is 4.29. The molecule has 2 aromatic heterocycles. The number of pyridine rings is 2. The Morgan fingerprint density at radius 1 is 1.08 bits per heavy atom. The molecule has 1 aliphatic carbocycles. The lowest BCUT2D eigenvalue weighted by molar-refractivity contribution is 0.00852. The van der Waals surface area contributed by atoms with Crippen molar-refractivity contribution >= 4 is 45.6 Å². The SMILES string of the molecule is C1CCOC1.COc1cc(OC)c(Cl)c(-c2cc3cnc(N)cc3c(NC3CCC(F)(F)C3)n2)c1Cl. The highest BCUT2D eigenvalue weighted by Crippen LogP contribution is 2.46. The summed E-state index contributed by atoms with van der Waals surface area (Å²) in [5.74, 6) is -1.28. The summed E-state index contributed by atoms with van der Waals surface area (Å²) < 4.78 is 43.1. The molecule has 0 amide bonds. The molecular formula is C25H28Cl2F2N4O3. The lowest BCUT2D eigenvalue weighted by Crippen LogP contribution is -2.20. The van der Waals surface area contributed by atoms with Crippen molar-refractivity contribution in [1.82, 2.24) is 9.97 Å². The highest BCUT2D eigenvalue weighted by molar-refractivity contribution is 6.41. The number of nitrogens with two attached hydrogens (primary N) is 1. The number of hydrogen-bond donors (Lipinski definition) is 2. The van der Waals surface area contributed by atoms with E-state index in [1.54, 1.807) is 24.4 Å². The number of aromatic nitrogens is 2. The second kappa shape index (κ2) is 11.2. The molecule has 36 heavy (non-hydrogen) atoms. The van der Waals surface area contributed by atoms with Gasteiger partial charge in [-0.15, -0.1) is 0 Å². The number of rotatable bonds is 5. The van der Waals surface area contributed by atoms with Crippen LogP contribution < -0.4 is 20.5 Å². The number of alkyl halides is 2. The van der Waals surface area contributed by atoms with Gasteiger partial charge in [0.1, 0.15) is 23.1 Å². The summed E-state index contributed by atoms with van der Waals surface area (Å²) in [4.78, 5) is 8.81. The monoisotopic (exact) mass is 540 g/mol. The molecular weight excluding hydrogens is 513 g/mol. The molecule has 1 unspecified atom stereocenters. The van der Waals surface area contributed by atoms with Crippen LogP contribution in [-0.4, -0.2) is 49.4 Å². The predicted molar refractivity (Wildman–Crippen MR) is 139 cm³/mol. The van der Waals surface area contributed by atoms with Crippen LogP contribution in [-0.2, 0) is 4.74 Å². The summed E-state index contributed by atoms with van der Waals surface area (Å²) in [6.07, 6.45) is 4.03. The summed E-state index contributed by atoms with van der Waals surface area (Å²) >= 11 is 13.1. The zero-order valence-electron chi connectivity index (χ0n) is 20.0. The molecule has 11 heteroatoms. The number of benzene rings is 1. The molecule has 0 spiro atoms. The number of nitrogen functional groups attached to an aromatic ring is 1. The Labute approximate surface area is 218 Å². The number of ether oxygens (including phenoxy) is 3. The third kappa shape index (κ3) is 5.85. The first-order valence-corrected chi connectivity index (χ1v) is 12.4. The average Bonchev–Trinajstić information content (AvgIpc) is 3.53. The zero-order chi connectivity index (χ0) is 25.9. The minimum Gasteiger partial charge on any atom is -0.495 e. The first kappa shape index (κ1) is 26.4. The van der Waals surface area contributed by atoms with E-state index in [-0.39, 0.29) is 22.9 Å². The lowest BCUT2D eigenvalue weighted by atomic mass is 10.1. The van der Waals surface area contributed by atoms with E-state index in [9.17, 15) is 8.78 Å². The van der Waals surface area contributed by atoms with E-state index in [0.29, 0.717) is 51.6 Å². The van der Waals surface area contributed by atoms with E-state index in [2.05, 4.69) is 15.3 Å².